The maximum absolute atomic E-state index is 6.20. The molecular formula is C17H24N2. The van der Waals surface area contributed by atoms with E-state index in [-0.39, 0.29) is 5.54 Å². The Balaban J connectivity index is 1.49. The van der Waals surface area contributed by atoms with Crippen LogP contribution in [0.3, 0.4) is 0 Å². The van der Waals surface area contributed by atoms with E-state index >= 15 is 0 Å². The Morgan fingerprint density at radius 3 is 2.32 bits per heavy atom. The van der Waals surface area contributed by atoms with Crippen molar-refractivity contribution in [3.63, 3.8) is 0 Å². The van der Waals surface area contributed by atoms with Crippen molar-refractivity contribution >= 4 is 0 Å². The first-order valence-corrected chi connectivity index (χ1v) is 7.82. The van der Waals surface area contributed by atoms with Crippen LogP contribution in [-0.2, 0) is 6.42 Å². The van der Waals surface area contributed by atoms with Crippen molar-refractivity contribution in [2.45, 2.75) is 43.6 Å². The van der Waals surface area contributed by atoms with Gasteiger partial charge in [0.25, 0.3) is 0 Å². The van der Waals surface area contributed by atoms with Crippen LogP contribution >= 0.6 is 0 Å². The summed E-state index contributed by atoms with van der Waals surface area (Å²) in [5.74, 6) is 1.71. The lowest BCUT2D eigenvalue weighted by Gasteiger charge is -2.45. The van der Waals surface area contributed by atoms with Crippen LogP contribution in [-0.4, -0.2) is 30.1 Å². The number of nitrogens with zero attached hydrogens (tertiary/aromatic N) is 1. The largest absolute Gasteiger partial charge is 0.325 e. The number of nitrogens with two attached hydrogens (primary N) is 1. The number of piperidine rings is 3. The fraction of sp³-hybridized carbons (Fsp3) is 0.647. The molecule has 0 aromatic heterocycles. The van der Waals surface area contributed by atoms with Crippen LogP contribution in [0.2, 0.25) is 0 Å². The molecule has 2 bridgehead atoms. The quantitative estimate of drug-likeness (QED) is 0.900. The highest BCUT2D eigenvalue weighted by Gasteiger charge is 2.38. The van der Waals surface area contributed by atoms with Crippen LogP contribution in [0.15, 0.2) is 24.3 Å². The molecule has 3 heterocycles. The number of rotatable bonds is 3. The molecule has 4 fully saturated rings. The van der Waals surface area contributed by atoms with Gasteiger partial charge in [-0.2, -0.15) is 0 Å². The summed E-state index contributed by atoms with van der Waals surface area (Å²) >= 11 is 0. The second-order valence-corrected chi connectivity index (χ2v) is 7.03. The molecule has 1 aromatic rings. The molecule has 2 heteroatoms. The topological polar surface area (TPSA) is 29.3 Å². The lowest BCUT2D eigenvalue weighted by Crippen LogP contribution is -2.46. The predicted octanol–water partition coefficient (Wildman–Crippen LogP) is 2.53. The number of fused-ring (bicyclic) bond motifs is 3. The third-order valence-electron chi connectivity index (χ3n) is 5.51. The molecule has 5 rings (SSSR count). The summed E-state index contributed by atoms with van der Waals surface area (Å²) in [7, 11) is 0. The van der Waals surface area contributed by atoms with Crippen LogP contribution in [0.5, 0.6) is 0 Å². The van der Waals surface area contributed by atoms with Gasteiger partial charge in [-0.25, -0.2) is 0 Å². The van der Waals surface area contributed by atoms with Gasteiger partial charge in [0.05, 0.1) is 0 Å². The van der Waals surface area contributed by atoms with Crippen molar-refractivity contribution in [2.24, 2.45) is 11.7 Å². The highest BCUT2D eigenvalue weighted by atomic mass is 15.1. The zero-order chi connectivity index (χ0) is 12.9. The van der Waals surface area contributed by atoms with E-state index in [9.17, 15) is 0 Å². The molecule has 102 valence electrons. The number of hydrogen-bond donors (Lipinski definition) is 1. The summed E-state index contributed by atoms with van der Waals surface area (Å²) in [6.07, 6.45) is 6.27. The van der Waals surface area contributed by atoms with Crippen molar-refractivity contribution in [3.8, 4) is 0 Å². The van der Waals surface area contributed by atoms with E-state index in [0.29, 0.717) is 0 Å². The minimum Gasteiger partial charge on any atom is -0.325 e. The van der Waals surface area contributed by atoms with E-state index in [4.69, 9.17) is 5.73 Å². The van der Waals surface area contributed by atoms with E-state index in [1.54, 1.807) is 5.56 Å². The van der Waals surface area contributed by atoms with Crippen LogP contribution in [0, 0.1) is 5.92 Å². The van der Waals surface area contributed by atoms with Gasteiger partial charge in [0.1, 0.15) is 0 Å². The molecule has 0 spiro atoms. The Kier molecular flexibility index (Phi) is 2.71. The van der Waals surface area contributed by atoms with Gasteiger partial charge in [-0.05, 0) is 68.2 Å². The minimum absolute atomic E-state index is 0.136. The Bertz CT molecular complexity index is 453. The van der Waals surface area contributed by atoms with E-state index in [0.717, 1.165) is 18.3 Å². The van der Waals surface area contributed by atoms with Gasteiger partial charge < -0.3 is 10.6 Å². The third kappa shape index (κ3) is 2.32. The molecular weight excluding hydrogens is 232 g/mol. The van der Waals surface area contributed by atoms with Gasteiger partial charge in [-0.15, -0.1) is 0 Å². The standard InChI is InChI=1S/C17H24N2/c18-17(7-8-17)11-13-1-3-14(4-2-13)16-12-19-9-5-15(16)6-10-19/h1-4,15-16H,5-12,18H2. The summed E-state index contributed by atoms with van der Waals surface area (Å²) in [6.45, 7) is 3.94. The van der Waals surface area contributed by atoms with E-state index < -0.39 is 0 Å². The van der Waals surface area contributed by atoms with Gasteiger partial charge >= 0.3 is 0 Å². The molecule has 19 heavy (non-hydrogen) atoms. The zero-order valence-electron chi connectivity index (χ0n) is 11.6. The average Bonchev–Trinajstić information content (AvgIpc) is 3.18. The maximum Gasteiger partial charge on any atom is 0.0196 e. The summed E-state index contributed by atoms with van der Waals surface area (Å²) in [6, 6.07) is 9.38. The van der Waals surface area contributed by atoms with Crippen molar-refractivity contribution in [1.29, 1.82) is 0 Å². The number of hydrogen-bond acceptors (Lipinski definition) is 2. The molecule has 3 aliphatic heterocycles. The Morgan fingerprint density at radius 2 is 1.79 bits per heavy atom. The van der Waals surface area contributed by atoms with Gasteiger partial charge in [-0.1, -0.05) is 24.3 Å². The monoisotopic (exact) mass is 256 g/mol. The zero-order valence-corrected chi connectivity index (χ0v) is 11.6. The molecule has 1 unspecified atom stereocenters. The van der Waals surface area contributed by atoms with Crippen LogP contribution < -0.4 is 5.73 Å². The Hall–Kier alpha value is -0.860. The highest BCUT2D eigenvalue weighted by Crippen LogP contribution is 2.39. The van der Waals surface area contributed by atoms with Gasteiger partial charge in [0, 0.05) is 12.1 Å². The third-order valence-corrected chi connectivity index (χ3v) is 5.51. The molecule has 4 aliphatic rings. The summed E-state index contributed by atoms with van der Waals surface area (Å²) in [4.78, 5) is 2.64. The van der Waals surface area contributed by atoms with Gasteiger partial charge in [-0.3, -0.25) is 0 Å². The second-order valence-electron chi connectivity index (χ2n) is 7.03. The highest BCUT2D eigenvalue weighted by molar-refractivity contribution is 5.29. The van der Waals surface area contributed by atoms with Crippen LogP contribution in [0.1, 0.15) is 42.7 Å². The molecule has 3 saturated heterocycles. The lowest BCUT2D eigenvalue weighted by atomic mass is 9.75. The maximum atomic E-state index is 6.20. The summed E-state index contributed by atoms with van der Waals surface area (Å²) in [5.41, 5.74) is 9.32. The first kappa shape index (κ1) is 11.9. The van der Waals surface area contributed by atoms with Crippen molar-refractivity contribution in [3.05, 3.63) is 35.4 Å². The summed E-state index contributed by atoms with van der Waals surface area (Å²) in [5, 5.41) is 0. The Labute approximate surface area is 116 Å². The molecule has 1 atom stereocenters. The molecule has 1 aliphatic carbocycles. The molecule has 0 amide bonds. The predicted molar refractivity (Wildman–Crippen MR) is 78.2 cm³/mol. The van der Waals surface area contributed by atoms with Crippen molar-refractivity contribution < 1.29 is 0 Å². The minimum atomic E-state index is 0.136. The van der Waals surface area contributed by atoms with Crippen molar-refractivity contribution in [2.75, 3.05) is 19.6 Å². The summed E-state index contributed by atoms with van der Waals surface area (Å²) < 4.78 is 0. The van der Waals surface area contributed by atoms with E-state index in [1.165, 1.54) is 50.9 Å². The molecule has 2 nitrogen and oxygen atoms in total. The van der Waals surface area contributed by atoms with Gasteiger partial charge in [0.15, 0.2) is 0 Å². The van der Waals surface area contributed by atoms with Crippen LogP contribution in [0.4, 0.5) is 0 Å². The molecule has 1 aromatic carbocycles. The molecule has 2 N–H and O–H groups in total. The first-order chi connectivity index (χ1) is 9.22. The van der Waals surface area contributed by atoms with E-state index in [1.807, 2.05) is 0 Å². The fourth-order valence-electron chi connectivity index (χ4n) is 3.97. The second kappa shape index (κ2) is 4.32. The smallest absolute Gasteiger partial charge is 0.0196 e. The normalized spacial score (nSPS) is 35.3. The molecule has 1 saturated carbocycles. The van der Waals surface area contributed by atoms with Crippen molar-refractivity contribution in [1.82, 2.24) is 4.90 Å². The van der Waals surface area contributed by atoms with E-state index in [2.05, 4.69) is 29.2 Å². The fourth-order valence-corrected chi connectivity index (χ4v) is 3.97. The Morgan fingerprint density at radius 1 is 1.11 bits per heavy atom. The average molecular weight is 256 g/mol. The SMILES string of the molecule is NC1(Cc2ccc(C3CN4CCC3CC4)cc2)CC1. The number of benzene rings is 1. The lowest BCUT2D eigenvalue weighted by molar-refractivity contribution is 0.0871. The van der Waals surface area contributed by atoms with Gasteiger partial charge in [0.2, 0.25) is 0 Å². The first-order valence-electron chi connectivity index (χ1n) is 7.82. The van der Waals surface area contributed by atoms with Crippen LogP contribution in [0.25, 0.3) is 0 Å². The molecule has 0 radical (unpaired) electrons.